The molecular formula is C86H62N6Si. The predicted octanol–water partition coefficient (Wildman–Crippen LogP) is 20.6. The van der Waals surface area contributed by atoms with Crippen LogP contribution in [0.4, 0.5) is 22.7 Å². The predicted molar refractivity (Wildman–Crippen MR) is 391 cm³/mol. The van der Waals surface area contributed by atoms with E-state index < -0.39 is 8.07 Å². The van der Waals surface area contributed by atoms with Gasteiger partial charge in [-0.3, -0.25) is 0 Å². The molecule has 2 aliphatic carbocycles. The van der Waals surface area contributed by atoms with Crippen LogP contribution in [0, 0.1) is 0 Å². The summed E-state index contributed by atoms with van der Waals surface area (Å²) in [7, 11) is -2.53. The molecule has 0 saturated carbocycles. The Morgan fingerprint density at radius 1 is 0.269 bits per heavy atom. The van der Waals surface area contributed by atoms with Crippen LogP contribution in [0.5, 0.6) is 0 Å². The molecule has 2 aliphatic heterocycles. The smallest absolute Gasteiger partial charge is 0.112 e. The molecule has 0 fully saturated rings. The summed E-state index contributed by atoms with van der Waals surface area (Å²) in [5.41, 5.74) is 24.8. The van der Waals surface area contributed by atoms with Gasteiger partial charge in [0, 0.05) is 101 Å². The maximum atomic E-state index is 2.66. The highest BCUT2D eigenvalue weighted by atomic mass is 28.3. The average molecular weight is 1210 g/mol. The highest BCUT2D eigenvalue weighted by Crippen LogP contribution is 2.60. The van der Waals surface area contributed by atoms with Crippen molar-refractivity contribution in [1.82, 2.24) is 18.3 Å². The number of hydrogen-bond acceptors (Lipinski definition) is 2. The molecule has 0 N–H and O–H groups in total. The summed E-state index contributed by atoms with van der Waals surface area (Å²) in [6.45, 7) is 5.16. The van der Waals surface area contributed by atoms with E-state index in [1.165, 1.54) is 155 Å². The van der Waals surface area contributed by atoms with Crippen LogP contribution in [-0.2, 0) is 0 Å². The van der Waals surface area contributed by atoms with Crippen LogP contribution in [-0.4, -0.2) is 26.3 Å². The molecule has 0 radical (unpaired) electrons. The highest BCUT2D eigenvalue weighted by Gasteiger charge is 2.47. The second-order valence-corrected chi connectivity index (χ2v) is 30.7. The van der Waals surface area contributed by atoms with E-state index in [2.05, 4.69) is 357 Å². The van der Waals surface area contributed by atoms with Gasteiger partial charge in [-0.2, -0.15) is 0 Å². The number of nitrogens with zero attached hydrogens (tertiary/aromatic N) is 6. The van der Waals surface area contributed by atoms with E-state index in [0.717, 1.165) is 0 Å². The monoisotopic (exact) mass is 1210 g/mol. The maximum absolute atomic E-state index is 2.66. The molecule has 6 heterocycles. The molecule has 0 bridgehead atoms. The van der Waals surface area contributed by atoms with E-state index in [-0.39, 0.29) is 23.9 Å². The van der Waals surface area contributed by atoms with Crippen LogP contribution in [0.2, 0.25) is 13.1 Å². The highest BCUT2D eigenvalue weighted by molar-refractivity contribution is 7.00. The van der Waals surface area contributed by atoms with Crippen LogP contribution in [0.15, 0.2) is 303 Å². The first kappa shape index (κ1) is 52.4. The molecule has 4 unspecified atom stereocenters. The summed E-state index contributed by atoms with van der Waals surface area (Å²) in [6, 6.07) is 109. The van der Waals surface area contributed by atoms with E-state index in [1.54, 1.807) is 0 Å². The number of aromatic nitrogens is 4. The molecule has 12 aromatic carbocycles. The van der Waals surface area contributed by atoms with Crippen molar-refractivity contribution in [2.24, 2.45) is 0 Å². The van der Waals surface area contributed by atoms with Gasteiger partial charge in [0.2, 0.25) is 0 Å². The molecule has 7 heteroatoms. The van der Waals surface area contributed by atoms with Crippen LogP contribution < -0.4 is 20.2 Å². The van der Waals surface area contributed by atoms with E-state index in [4.69, 9.17) is 0 Å². The number of anilines is 4. The summed E-state index contributed by atoms with van der Waals surface area (Å²) >= 11 is 0. The van der Waals surface area contributed by atoms with Crippen molar-refractivity contribution >= 4 is 119 Å². The van der Waals surface area contributed by atoms with E-state index in [0.29, 0.717) is 0 Å². The second-order valence-electron chi connectivity index (χ2n) is 26.3. The number of rotatable bonds is 8. The SMILES string of the molecule is C[Si](C)(c1ccc2c(c1)c1c(n2-c2ccccc2)C=CC2c3cc(-n4c5ccccc5c5ccccc54)ccc3N(c3ccccc3)C12)c1ccc2c(c1)c1c(n2-c2ccccc2)C=CC2c3cc(-n4c5ccccc5c5ccccc54)ccc3N(c3ccccc3)C12. The van der Waals surface area contributed by atoms with Crippen molar-refractivity contribution in [3.8, 4) is 22.7 Å². The molecule has 20 rings (SSSR count). The van der Waals surface area contributed by atoms with Gasteiger partial charge in [-0.15, -0.1) is 0 Å². The Kier molecular flexibility index (Phi) is 11.2. The molecule has 4 atom stereocenters. The summed E-state index contributed by atoms with van der Waals surface area (Å²) in [6.07, 6.45) is 9.90. The average Bonchev–Trinajstić information content (AvgIpc) is 1.55. The van der Waals surface area contributed by atoms with Crippen LogP contribution >= 0.6 is 0 Å². The van der Waals surface area contributed by atoms with Crippen molar-refractivity contribution in [2.45, 2.75) is 37.0 Å². The van der Waals surface area contributed by atoms with Crippen molar-refractivity contribution in [3.05, 3.63) is 337 Å². The largest absolute Gasteiger partial charge is 0.333 e. The molecule has 440 valence electrons. The molecule has 93 heavy (non-hydrogen) atoms. The van der Waals surface area contributed by atoms with Gasteiger partial charge in [0.25, 0.3) is 0 Å². The normalized spacial score (nSPS) is 17.0. The minimum absolute atomic E-state index is 0.00828. The lowest BCUT2D eigenvalue weighted by Crippen LogP contribution is -2.52. The van der Waals surface area contributed by atoms with Crippen LogP contribution in [0.1, 0.15) is 57.6 Å². The molecule has 0 saturated heterocycles. The summed E-state index contributed by atoms with van der Waals surface area (Å²) in [5, 5.41) is 10.5. The van der Waals surface area contributed by atoms with E-state index in [1.807, 2.05) is 0 Å². The lowest BCUT2D eigenvalue weighted by Gasteiger charge is -2.33. The molecule has 0 amide bonds. The van der Waals surface area contributed by atoms with E-state index in [9.17, 15) is 0 Å². The Labute approximate surface area is 540 Å². The topological polar surface area (TPSA) is 26.2 Å². The Morgan fingerprint density at radius 2 is 0.591 bits per heavy atom. The fraction of sp³-hybridized carbons (Fsp3) is 0.0698. The lowest BCUT2D eigenvalue weighted by molar-refractivity contribution is 0.669. The van der Waals surface area contributed by atoms with Gasteiger partial charge in [-0.25, -0.2) is 0 Å². The fourth-order valence-corrected chi connectivity index (χ4v) is 19.5. The number of para-hydroxylation sites is 8. The number of fused-ring (bicyclic) bond motifs is 20. The van der Waals surface area contributed by atoms with Crippen LogP contribution in [0.3, 0.4) is 0 Å². The van der Waals surface area contributed by atoms with Gasteiger partial charge >= 0.3 is 0 Å². The summed E-state index contributed by atoms with van der Waals surface area (Å²) in [4.78, 5) is 5.31. The minimum atomic E-state index is -2.53. The van der Waals surface area contributed by atoms with Gasteiger partial charge in [0.15, 0.2) is 0 Å². The quantitative estimate of drug-likeness (QED) is 0.142. The van der Waals surface area contributed by atoms with Gasteiger partial charge in [-0.1, -0.05) is 205 Å². The number of hydrogen-bond donors (Lipinski definition) is 0. The zero-order valence-electron chi connectivity index (χ0n) is 51.5. The molecule has 0 spiro atoms. The number of benzene rings is 12. The molecule has 4 aromatic heterocycles. The first-order chi connectivity index (χ1) is 45.9. The third-order valence-electron chi connectivity index (χ3n) is 21.3. The van der Waals surface area contributed by atoms with Crippen molar-refractivity contribution in [3.63, 3.8) is 0 Å². The van der Waals surface area contributed by atoms with E-state index >= 15 is 0 Å². The van der Waals surface area contributed by atoms with Gasteiger partial charge in [0.05, 0.1) is 56.6 Å². The third kappa shape index (κ3) is 7.45. The van der Waals surface area contributed by atoms with Crippen molar-refractivity contribution in [1.29, 1.82) is 0 Å². The van der Waals surface area contributed by atoms with Gasteiger partial charge in [-0.05, 0) is 145 Å². The Balaban J connectivity index is 0.762. The Morgan fingerprint density at radius 3 is 0.957 bits per heavy atom. The van der Waals surface area contributed by atoms with Gasteiger partial charge < -0.3 is 28.1 Å². The standard InChI is InChI=1S/C86H62N6Si/c1-93(2,61-41-47-79-71(53-61)83-81(87(79)55-23-7-3-8-24-55)49-43-67-69-51-59(39-45-77(69)91(85(67)83)57-27-11-5-12-28-57)89-73-35-19-15-31-63(73)64-32-16-20-36-74(64)89)62-42-48-80-72(54-62)84-82(88(80)56-25-9-4-10-26-56)50-44-68-70-52-60(40-46-78(70)92(86(68)84)58-29-13-6-14-30-58)90-75-37-21-17-33-65(75)66-34-18-22-38-76(66)90/h3-54,67-68,85-86H,1-2H3. The Bertz CT molecular complexity index is 5360. The molecular weight excluding hydrogens is 1150 g/mol. The third-order valence-corrected chi connectivity index (χ3v) is 24.8. The lowest BCUT2D eigenvalue weighted by atomic mass is 9.84. The molecule has 4 aliphatic rings. The minimum Gasteiger partial charge on any atom is -0.333 e. The van der Waals surface area contributed by atoms with Gasteiger partial charge in [0.1, 0.15) is 8.07 Å². The maximum Gasteiger partial charge on any atom is 0.112 e. The first-order valence-corrected chi connectivity index (χ1v) is 35.7. The zero-order chi connectivity index (χ0) is 61.2. The van der Waals surface area contributed by atoms with Crippen molar-refractivity contribution in [2.75, 3.05) is 9.80 Å². The molecule has 16 aromatic rings. The Hall–Kier alpha value is -11.4. The fourth-order valence-electron chi connectivity index (χ4n) is 17.2. The first-order valence-electron chi connectivity index (χ1n) is 32.7. The van der Waals surface area contributed by atoms with Crippen LogP contribution in [0.25, 0.3) is 100 Å². The zero-order valence-corrected chi connectivity index (χ0v) is 52.5. The van der Waals surface area contributed by atoms with Crippen molar-refractivity contribution < 1.29 is 0 Å². The summed E-state index contributed by atoms with van der Waals surface area (Å²) in [5.74, 6) is 0.170. The second kappa shape index (κ2) is 19.8. The summed E-state index contributed by atoms with van der Waals surface area (Å²) < 4.78 is 10.0. The molecule has 6 nitrogen and oxygen atoms in total.